The van der Waals surface area contributed by atoms with E-state index in [1.807, 2.05) is 42.5 Å². The quantitative estimate of drug-likeness (QED) is 0.706. The average molecular weight is 186 g/mol. The van der Waals surface area contributed by atoms with E-state index in [2.05, 4.69) is 0 Å². The Labute approximate surface area is 82.8 Å². The second-order valence-electron chi connectivity index (χ2n) is 2.79. The van der Waals surface area contributed by atoms with Gasteiger partial charge in [-0.25, -0.2) is 0 Å². The molecule has 0 saturated carbocycles. The molecular weight excluding hydrogens is 176 g/mol. The molecule has 0 aromatic heterocycles. The monoisotopic (exact) mass is 186 g/mol. The number of allylic oxidation sites excluding steroid dienone is 1. The van der Waals surface area contributed by atoms with Gasteiger partial charge in [-0.2, -0.15) is 0 Å². The first-order valence-corrected chi connectivity index (χ1v) is 4.35. The van der Waals surface area contributed by atoms with Gasteiger partial charge in [-0.15, -0.1) is 0 Å². The molecule has 1 aliphatic rings. The molecule has 0 radical (unpaired) electrons. The largest absolute Gasteiger partial charge is 0.466 e. The van der Waals surface area contributed by atoms with E-state index in [1.165, 1.54) is 12.5 Å². The predicted molar refractivity (Wildman–Crippen MR) is 54.9 cm³/mol. The summed E-state index contributed by atoms with van der Waals surface area (Å²) in [6, 6.07) is 10.0. The van der Waals surface area contributed by atoms with Crippen LogP contribution < -0.4 is 0 Å². The lowest BCUT2D eigenvalue weighted by atomic mass is 10.2. The molecule has 70 valence electrons. The van der Waals surface area contributed by atoms with Gasteiger partial charge in [0, 0.05) is 0 Å². The predicted octanol–water partition coefficient (Wildman–Crippen LogP) is 3.06. The van der Waals surface area contributed by atoms with Crippen LogP contribution in [0.3, 0.4) is 0 Å². The molecule has 2 nitrogen and oxygen atoms in total. The smallest absolute Gasteiger partial charge is 0.161 e. The third kappa shape index (κ3) is 2.26. The molecule has 1 aromatic carbocycles. The van der Waals surface area contributed by atoms with Crippen molar-refractivity contribution in [3.63, 3.8) is 0 Å². The van der Waals surface area contributed by atoms with Crippen LogP contribution in [0.2, 0.25) is 0 Å². The lowest BCUT2D eigenvalue weighted by molar-refractivity contribution is 0.269. The molecule has 14 heavy (non-hydrogen) atoms. The van der Waals surface area contributed by atoms with Crippen LogP contribution in [0.4, 0.5) is 0 Å². The molecule has 0 aliphatic carbocycles. The summed E-state index contributed by atoms with van der Waals surface area (Å²) in [5, 5.41) is 0. The van der Waals surface area contributed by atoms with Gasteiger partial charge in [-0.3, -0.25) is 0 Å². The molecule has 0 unspecified atom stereocenters. The molecule has 2 rings (SSSR count). The topological polar surface area (TPSA) is 18.5 Å². The van der Waals surface area contributed by atoms with Crippen LogP contribution in [-0.4, -0.2) is 0 Å². The van der Waals surface area contributed by atoms with Gasteiger partial charge >= 0.3 is 0 Å². The highest BCUT2D eigenvalue weighted by atomic mass is 16.5. The summed E-state index contributed by atoms with van der Waals surface area (Å²) in [5.41, 5.74) is 1.13. The lowest BCUT2D eigenvalue weighted by Crippen LogP contribution is -1.87. The number of hydrogen-bond donors (Lipinski definition) is 0. The van der Waals surface area contributed by atoms with Crippen LogP contribution in [0.5, 0.6) is 0 Å². The minimum atomic E-state index is 0.691. The summed E-state index contributed by atoms with van der Waals surface area (Å²) in [4.78, 5) is 0. The Balaban J connectivity index is 2.04. The Morgan fingerprint density at radius 3 is 2.50 bits per heavy atom. The highest BCUT2D eigenvalue weighted by Crippen LogP contribution is 2.09. The molecule has 1 aromatic rings. The van der Waals surface area contributed by atoms with Crippen molar-refractivity contribution in [2.24, 2.45) is 0 Å². The lowest BCUT2D eigenvalue weighted by Gasteiger charge is -2.04. The first kappa shape index (κ1) is 8.63. The molecule has 1 aliphatic heterocycles. The van der Waals surface area contributed by atoms with Crippen LogP contribution in [-0.2, 0) is 9.47 Å². The van der Waals surface area contributed by atoms with E-state index in [9.17, 15) is 0 Å². The van der Waals surface area contributed by atoms with Gasteiger partial charge in [0.05, 0.1) is 0 Å². The first-order chi connectivity index (χ1) is 6.95. The summed E-state index contributed by atoms with van der Waals surface area (Å²) >= 11 is 0. The zero-order valence-electron chi connectivity index (χ0n) is 7.59. The number of rotatable bonds is 2. The molecule has 0 atom stereocenters. The summed E-state index contributed by atoms with van der Waals surface area (Å²) in [7, 11) is 0. The number of benzene rings is 1. The van der Waals surface area contributed by atoms with Gasteiger partial charge < -0.3 is 9.47 Å². The van der Waals surface area contributed by atoms with Gasteiger partial charge in [0.2, 0.25) is 0 Å². The van der Waals surface area contributed by atoms with Crippen LogP contribution in [0.15, 0.2) is 61.0 Å². The van der Waals surface area contributed by atoms with Gasteiger partial charge in [0.25, 0.3) is 0 Å². The second kappa shape index (κ2) is 4.33. The molecular formula is C12H10O2. The number of ether oxygens (including phenoxy) is 2. The van der Waals surface area contributed by atoms with Crippen molar-refractivity contribution in [2.45, 2.75) is 0 Å². The summed E-state index contributed by atoms with van der Waals surface area (Å²) in [5.74, 6) is 0.691. The molecule has 0 amide bonds. The zero-order valence-corrected chi connectivity index (χ0v) is 7.59. The third-order valence-electron chi connectivity index (χ3n) is 1.76. The Bertz CT molecular complexity index is 375. The van der Waals surface area contributed by atoms with Crippen molar-refractivity contribution in [2.75, 3.05) is 0 Å². The van der Waals surface area contributed by atoms with E-state index in [0.29, 0.717) is 5.76 Å². The van der Waals surface area contributed by atoms with E-state index < -0.39 is 0 Å². The van der Waals surface area contributed by atoms with Gasteiger partial charge in [-0.05, 0) is 11.6 Å². The molecule has 0 spiro atoms. The Hall–Kier alpha value is -1.96. The number of hydrogen-bond acceptors (Lipinski definition) is 2. The Kier molecular flexibility index (Phi) is 2.67. The fraction of sp³-hybridized carbons (Fsp3) is 0. The van der Waals surface area contributed by atoms with Gasteiger partial charge in [0.15, 0.2) is 5.76 Å². The third-order valence-corrected chi connectivity index (χ3v) is 1.76. The minimum Gasteiger partial charge on any atom is -0.466 e. The standard InChI is InChI=1S/C12H10O2/c1-2-4-11(5-3-1)6-7-12-10-13-8-9-14-12/h1-10H. The maximum absolute atomic E-state index is 5.17. The molecule has 2 heteroatoms. The van der Waals surface area contributed by atoms with Crippen molar-refractivity contribution in [1.82, 2.24) is 0 Å². The van der Waals surface area contributed by atoms with Crippen molar-refractivity contribution in [1.29, 1.82) is 0 Å². The van der Waals surface area contributed by atoms with Crippen molar-refractivity contribution in [3.05, 3.63) is 66.5 Å². The maximum atomic E-state index is 5.17. The van der Waals surface area contributed by atoms with Crippen LogP contribution in [0, 0.1) is 0 Å². The fourth-order valence-electron chi connectivity index (χ4n) is 1.09. The van der Waals surface area contributed by atoms with Crippen molar-refractivity contribution >= 4 is 6.08 Å². The van der Waals surface area contributed by atoms with Crippen molar-refractivity contribution in [3.8, 4) is 0 Å². The van der Waals surface area contributed by atoms with Crippen molar-refractivity contribution < 1.29 is 9.47 Å². The summed E-state index contributed by atoms with van der Waals surface area (Å²) < 4.78 is 10.1. The van der Waals surface area contributed by atoms with E-state index >= 15 is 0 Å². The molecule has 1 heterocycles. The van der Waals surface area contributed by atoms with E-state index in [4.69, 9.17) is 9.47 Å². The SMILES string of the molecule is C1=COC(C=Cc2ccccc2)=CO1. The normalized spacial score (nSPS) is 14.7. The fourth-order valence-corrected chi connectivity index (χ4v) is 1.09. The summed E-state index contributed by atoms with van der Waals surface area (Å²) in [6.07, 6.45) is 8.37. The molecule has 0 saturated heterocycles. The Morgan fingerprint density at radius 1 is 0.929 bits per heavy atom. The molecule has 0 fully saturated rings. The van der Waals surface area contributed by atoms with Crippen LogP contribution in [0.1, 0.15) is 5.56 Å². The van der Waals surface area contributed by atoms with E-state index in [-0.39, 0.29) is 0 Å². The van der Waals surface area contributed by atoms with Gasteiger partial charge in [0.1, 0.15) is 18.8 Å². The second-order valence-corrected chi connectivity index (χ2v) is 2.79. The molecule has 0 bridgehead atoms. The van der Waals surface area contributed by atoms with E-state index in [1.54, 1.807) is 6.26 Å². The minimum absolute atomic E-state index is 0.691. The first-order valence-electron chi connectivity index (χ1n) is 4.35. The highest BCUT2D eigenvalue weighted by molar-refractivity contribution is 5.51. The summed E-state index contributed by atoms with van der Waals surface area (Å²) in [6.45, 7) is 0. The van der Waals surface area contributed by atoms with Gasteiger partial charge in [-0.1, -0.05) is 36.4 Å². The van der Waals surface area contributed by atoms with Crippen LogP contribution >= 0.6 is 0 Å². The highest BCUT2D eigenvalue weighted by Gasteiger charge is 1.94. The maximum Gasteiger partial charge on any atom is 0.161 e. The average Bonchev–Trinajstić information content (AvgIpc) is 2.29. The van der Waals surface area contributed by atoms with E-state index in [0.717, 1.165) is 5.56 Å². The zero-order chi connectivity index (χ0) is 9.64. The Morgan fingerprint density at radius 2 is 1.79 bits per heavy atom. The molecule has 0 N–H and O–H groups in total. The van der Waals surface area contributed by atoms with Crippen LogP contribution in [0.25, 0.3) is 6.08 Å².